The van der Waals surface area contributed by atoms with Gasteiger partial charge < -0.3 is 43.0 Å². The number of carbonyl (C=O) groups excluding carboxylic acids is 5. The third-order valence-electron chi connectivity index (χ3n) is 11.3. The minimum atomic E-state index is -1.69. The van der Waals surface area contributed by atoms with Gasteiger partial charge in [-0.05, 0) is 52.2 Å². The Morgan fingerprint density at radius 3 is 1.89 bits per heavy atom. The molecule has 2 amide bonds. The molecule has 1 N–H and O–H groups in total. The van der Waals surface area contributed by atoms with Crippen LogP contribution in [0.2, 0.25) is 0 Å². The minimum Gasteiger partial charge on any atom is -0.463 e. The van der Waals surface area contributed by atoms with Gasteiger partial charge in [0.25, 0.3) is 11.8 Å². The van der Waals surface area contributed by atoms with Crippen molar-refractivity contribution in [3.05, 3.63) is 150 Å². The number of rotatable bonds is 16. The average Bonchev–Trinajstić information content (AvgIpc) is 3.55. The first-order chi connectivity index (χ1) is 31.9. The van der Waals surface area contributed by atoms with Gasteiger partial charge in [0.05, 0.1) is 30.9 Å². The van der Waals surface area contributed by atoms with E-state index in [1.54, 1.807) is 24.3 Å². The number of aliphatic hydroxyl groups is 1. The van der Waals surface area contributed by atoms with Crippen molar-refractivity contribution in [1.82, 2.24) is 4.90 Å². The van der Waals surface area contributed by atoms with Gasteiger partial charge in [0, 0.05) is 25.7 Å². The molecule has 15 nitrogen and oxygen atoms in total. The maximum Gasteiger partial charge on any atom is 0.303 e. The predicted octanol–water partition coefficient (Wildman–Crippen LogP) is 6.02. The highest BCUT2D eigenvalue weighted by Crippen LogP contribution is 2.41. The Bertz CT molecular complexity index is 2490. The van der Waals surface area contributed by atoms with Crippen LogP contribution in [0.1, 0.15) is 52.6 Å². The van der Waals surface area contributed by atoms with E-state index >= 15 is 0 Å². The van der Waals surface area contributed by atoms with Crippen LogP contribution in [-0.4, -0.2) is 113 Å². The number of aliphatic hydroxyl groups excluding tert-OH is 1. The normalized spacial score (nSPS) is 26.2. The Morgan fingerprint density at radius 1 is 0.621 bits per heavy atom. The molecule has 0 aliphatic carbocycles. The van der Waals surface area contributed by atoms with E-state index < -0.39 is 96.8 Å². The Morgan fingerprint density at radius 2 is 1.23 bits per heavy atom. The van der Waals surface area contributed by atoms with Crippen LogP contribution in [-0.2, 0) is 65.5 Å². The zero-order valence-corrected chi connectivity index (χ0v) is 37.2. The fraction of sp³-hybridized carbons (Fsp3) is 0.340. The maximum absolute atomic E-state index is 14.2. The Balaban J connectivity index is 1.18. The topological polar surface area (TPSA) is 183 Å². The lowest BCUT2D eigenvalue weighted by atomic mass is 9.95. The molecule has 8 rings (SSSR count). The van der Waals surface area contributed by atoms with E-state index in [4.69, 9.17) is 37.9 Å². The third kappa shape index (κ3) is 10.7. The summed E-state index contributed by atoms with van der Waals surface area (Å²) in [4.78, 5) is 68.1. The second-order valence-corrected chi connectivity index (χ2v) is 17.2. The maximum atomic E-state index is 14.2. The number of fused-ring (bicyclic) bond motifs is 2. The highest BCUT2D eigenvalue weighted by molar-refractivity contribution is 7.99. The van der Waals surface area contributed by atoms with E-state index in [1.807, 2.05) is 103 Å². The summed E-state index contributed by atoms with van der Waals surface area (Å²) in [6.07, 6.45) is -11.3. The number of thioether (sulfide) groups is 1. The lowest BCUT2D eigenvalue weighted by Crippen LogP contribution is -2.68. The van der Waals surface area contributed by atoms with Crippen LogP contribution < -0.4 is 0 Å². The van der Waals surface area contributed by atoms with Gasteiger partial charge in [0.15, 0.2) is 18.5 Å². The number of imide groups is 1. The predicted molar refractivity (Wildman–Crippen MR) is 238 cm³/mol. The van der Waals surface area contributed by atoms with Crippen LogP contribution in [0.4, 0.5) is 0 Å². The quantitative estimate of drug-likeness (QED) is 0.0689. The van der Waals surface area contributed by atoms with Crippen LogP contribution in [0.25, 0.3) is 10.8 Å². The first-order valence-electron chi connectivity index (χ1n) is 21.5. The van der Waals surface area contributed by atoms with Crippen LogP contribution in [0.3, 0.4) is 0 Å². The first-order valence-corrected chi connectivity index (χ1v) is 22.3. The van der Waals surface area contributed by atoms with Crippen molar-refractivity contribution in [3.8, 4) is 0 Å². The largest absolute Gasteiger partial charge is 0.463 e. The Kier molecular flexibility index (Phi) is 14.9. The number of ether oxygens (including phenoxy) is 8. The number of benzene rings is 5. The monoisotopic (exact) mass is 919 g/mol. The summed E-state index contributed by atoms with van der Waals surface area (Å²) < 4.78 is 49.9. The highest BCUT2D eigenvalue weighted by Gasteiger charge is 2.57. The molecule has 0 aromatic heterocycles. The molecule has 2 saturated heterocycles. The van der Waals surface area contributed by atoms with Gasteiger partial charge in [-0.25, -0.2) is 0 Å². The molecule has 0 unspecified atom stereocenters. The van der Waals surface area contributed by atoms with Crippen LogP contribution in [0.5, 0.6) is 0 Å². The van der Waals surface area contributed by atoms with E-state index in [0.717, 1.165) is 31.7 Å². The van der Waals surface area contributed by atoms with E-state index in [1.165, 1.54) is 32.5 Å². The summed E-state index contributed by atoms with van der Waals surface area (Å²) in [6.45, 7) is 3.03. The summed E-state index contributed by atoms with van der Waals surface area (Å²) in [5.74, 6) is -3.44. The second kappa shape index (κ2) is 21.1. The average molecular weight is 920 g/mol. The number of hydrogen-bond acceptors (Lipinski definition) is 15. The van der Waals surface area contributed by atoms with Crippen LogP contribution in [0.15, 0.2) is 132 Å². The third-order valence-corrected chi connectivity index (χ3v) is 12.5. The summed E-state index contributed by atoms with van der Waals surface area (Å²) in [6, 6.07) is 37.1. The summed E-state index contributed by atoms with van der Waals surface area (Å²) in [5.41, 5.74) is 0.841. The molecule has 5 aromatic rings. The summed E-state index contributed by atoms with van der Waals surface area (Å²) in [7, 11) is 0. The number of carbonyl (C=O) groups is 5. The number of nitrogens with zero attached hydrogens (tertiary/aromatic N) is 1. The van der Waals surface area contributed by atoms with Gasteiger partial charge in [-0.15, -0.1) is 0 Å². The van der Waals surface area contributed by atoms with E-state index in [2.05, 4.69) is 0 Å². The Labute approximate surface area is 385 Å². The van der Waals surface area contributed by atoms with Gasteiger partial charge in [-0.1, -0.05) is 109 Å². The zero-order chi connectivity index (χ0) is 46.3. The standard InChI is InChI=1S/C50H49NO14S/c1-29(52)59-28-40-44(61-30(2)53)45(60-26-33-22-23-34-16-10-11-17-35(34)24-33)46(62-31(3)54)49(63-40)65-43-39(27-58-25-32-14-6-4-7-15-32)64-50(66-36-18-8-5-9-19-36)41(42(43)55)51-47(56)37-20-12-13-21-38(37)48(51)57/h4-24,39-46,49-50,55H,25-28H2,1-3H3/t39-,40-,41-,42-,43-,44+,45+,46-,49+,50+/m1/s1. The zero-order valence-electron chi connectivity index (χ0n) is 36.3. The molecule has 66 heavy (non-hydrogen) atoms. The Hall–Kier alpha value is -5.98. The molecule has 3 aliphatic heterocycles. The van der Waals surface area contributed by atoms with Gasteiger partial charge >= 0.3 is 17.9 Å². The fourth-order valence-corrected chi connectivity index (χ4v) is 9.60. The van der Waals surface area contributed by atoms with Crippen molar-refractivity contribution in [2.24, 2.45) is 0 Å². The molecular weight excluding hydrogens is 871 g/mol. The number of esters is 3. The summed E-state index contributed by atoms with van der Waals surface area (Å²) >= 11 is 1.20. The van der Waals surface area contributed by atoms with E-state index in [0.29, 0.717) is 0 Å². The number of amides is 2. The lowest BCUT2D eigenvalue weighted by molar-refractivity contribution is -0.342. The van der Waals surface area contributed by atoms with Crippen molar-refractivity contribution >= 4 is 52.3 Å². The molecular formula is C50H49NO14S. The second-order valence-electron chi connectivity index (χ2n) is 16.0. The first kappa shape index (κ1) is 46.5. The highest BCUT2D eigenvalue weighted by atomic mass is 32.2. The molecule has 16 heteroatoms. The smallest absolute Gasteiger partial charge is 0.303 e. The van der Waals surface area contributed by atoms with Gasteiger partial charge in [0.2, 0.25) is 0 Å². The molecule has 2 fully saturated rings. The fourth-order valence-electron chi connectivity index (χ4n) is 8.40. The molecule has 3 heterocycles. The summed E-state index contributed by atoms with van der Waals surface area (Å²) in [5, 5.41) is 14.7. The van der Waals surface area contributed by atoms with Crippen molar-refractivity contribution < 1.29 is 67.0 Å². The van der Waals surface area contributed by atoms with Gasteiger partial charge in [-0.3, -0.25) is 28.9 Å². The van der Waals surface area contributed by atoms with E-state index in [9.17, 15) is 29.1 Å². The van der Waals surface area contributed by atoms with Gasteiger partial charge in [0.1, 0.15) is 48.6 Å². The SMILES string of the molecule is CC(=O)OC[C@H]1O[C@@H](O[C@H]2[C@H](O)[C@@H](N3C(=O)c4ccccc4C3=O)[C@H](Sc3ccccc3)O[C@@H]2COCc2ccccc2)[C@H](OC(C)=O)[C@@H](OCc2ccc3ccccc3c2)[C@H]1OC(C)=O. The molecule has 344 valence electrons. The van der Waals surface area contributed by atoms with Crippen molar-refractivity contribution in [1.29, 1.82) is 0 Å². The molecule has 10 atom stereocenters. The van der Waals surface area contributed by atoms with Crippen molar-refractivity contribution in [2.75, 3.05) is 13.2 Å². The van der Waals surface area contributed by atoms with Crippen molar-refractivity contribution in [3.63, 3.8) is 0 Å². The van der Waals surface area contributed by atoms with Crippen LogP contribution >= 0.6 is 11.8 Å². The number of hydrogen-bond donors (Lipinski definition) is 1. The molecule has 5 aromatic carbocycles. The molecule has 0 spiro atoms. The molecule has 0 saturated carbocycles. The van der Waals surface area contributed by atoms with Crippen molar-refractivity contribution in [2.45, 2.75) is 99.4 Å². The molecule has 0 radical (unpaired) electrons. The minimum absolute atomic E-state index is 0.0661. The molecule has 0 bridgehead atoms. The lowest BCUT2D eigenvalue weighted by Gasteiger charge is -2.50. The molecule has 3 aliphatic rings. The van der Waals surface area contributed by atoms with Gasteiger partial charge in [-0.2, -0.15) is 0 Å². The van der Waals surface area contributed by atoms with E-state index in [-0.39, 0.29) is 30.9 Å². The van der Waals surface area contributed by atoms with Crippen LogP contribution in [0, 0.1) is 0 Å².